The van der Waals surface area contributed by atoms with E-state index in [1.807, 2.05) is 0 Å². The average molecular weight is 719 g/mol. The molecule has 268 valence electrons. The quantitative estimate of drug-likeness (QED) is 0.172. The molecule has 2 nitrogen and oxygen atoms in total. The van der Waals surface area contributed by atoms with Crippen LogP contribution in [-0.2, 0) is 10.8 Å². The second-order valence-electron chi connectivity index (χ2n) is 16.6. The van der Waals surface area contributed by atoms with Gasteiger partial charge in [-0.05, 0) is 105 Å². The maximum Gasteiger partial charge on any atom is 0.0619 e. The van der Waals surface area contributed by atoms with E-state index in [2.05, 4.69) is 219 Å². The fourth-order valence-electron chi connectivity index (χ4n) is 10.1. The molecule has 1 heterocycles. The van der Waals surface area contributed by atoms with Crippen molar-refractivity contribution in [2.75, 3.05) is 4.90 Å². The summed E-state index contributed by atoms with van der Waals surface area (Å²) in [6.07, 6.45) is 0. The normalized spacial score (nSPS) is 14.4. The number of aromatic nitrogens is 1. The van der Waals surface area contributed by atoms with E-state index in [1.165, 1.54) is 77.4 Å². The Morgan fingerprint density at radius 2 is 0.875 bits per heavy atom. The third-order valence-electron chi connectivity index (χ3n) is 12.8. The molecule has 1 aromatic heterocycles. The van der Waals surface area contributed by atoms with Gasteiger partial charge >= 0.3 is 0 Å². The van der Waals surface area contributed by atoms with Crippen molar-refractivity contribution >= 4 is 38.9 Å². The summed E-state index contributed by atoms with van der Waals surface area (Å²) in [5.74, 6) is 0. The monoisotopic (exact) mass is 718 g/mol. The van der Waals surface area contributed by atoms with Gasteiger partial charge in [-0.25, -0.2) is 0 Å². The van der Waals surface area contributed by atoms with Crippen molar-refractivity contribution < 1.29 is 0 Å². The Hall–Kier alpha value is -6.64. The molecule has 0 bridgehead atoms. The summed E-state index contributed by atoms with van der Waals surface area (Å²) in [7, 11) is 0. The van der Waals surface area contributed by atoms with Crippen molar-refractivity contribution in [1.82, 2.24) is 4.57 Å². The number of hydrogen-bond donors (Lipinski definition) is 0. The summed E-state index contributed by atoms with van der Waals surface area (Å²) < 4.78 is 2.43. The molecule has 0 amide bonds. The highest BCUT2D eigenvalue weighted by molar-refractivity contribution is 6.14. The van der Waals surface area contributed by atoms with Crippen LogP contribution in [0.2, 0.25) is 0 Å². The van der Waals surface area contributed by atoms with Crippen LogP contribution in [-0.4, -0.2) is 4.57 Å². The lowest BCUT2D eigenvalue weighted by atomic mass is 9.82. The highest BCUT2D eigenvalue weighted by Crippen LogP contribution is 2.53. The molecule has 0 atom stereocenters. The van der Waals surface area contributed by atoms with Crippen molar-refractivity contribution in [1.29, 1.82) is 0 Å². The zero-order valence-electron chi connectivity index (χ0n) is 32.2. The first kappa shape index (κ1) is 32.8. The van der Waals surface area contributed by atoms with E-state index in [0.717, 1.165) is 22.7 Å². The molecule has 8 aromatic carbocycles. The summed E-state index contributed by atoms with van der Waals surface area (Å²) in [6, 6.07) is 67.6. The van der Waals surface area contributed by atoms with Gasteiger partial charge < -0.3 is 9.47 Å². The molecule has 0 fully saturated rings. The zero-order valence-corrected chi connectivity index (χ0v) is 32.2. The number of benzene rings is 8. The van der Waals surface area contributed by atoms with Gasteiger partial charge in [0.25, 0.3) is 0 Å². The van der Waals surface area contributed by atoms with Crippen LogP contribution in [0.5, 0.6) is 0 Å². The van der Waals surface area contributed by atoms with Crippen molar-refractivity contribution in [2.24, 2.45) is 0 Å². The molecular formula is C54H42N2. The standard InChI is InChI=1S/C54H42N2/c1-53(2)47-25-11-8-20-41(47)45-33-38(28-30-49(45)53)55(39-29-31-50-46(34-39)42-21-9-12-26-48(42)54(50,3)4)37-19-14-16-35(32-37)40-23-15-24-44-43-22-10-13-27-51(43)56(52(40)44)36-17-6-5-7-18-36/h5-34H,1-4H3. The minimum absolute atomic E-state index is 0.0615. The Balaban J connectivity index is 1.14. The van der Waals surface area contributed by atoms with Crippen LogP contribution in [0.4, 0.5) is 17.1 Å². The van der Waals surface area contributed by atoms with Gasteiger partial charge in [-0.2, -0.15) is 0 Å². The summed E-state index contributed by atoms with van der Waals surface area (Å²) in [6.45, 7) is 9.42. The van der Waals surface area contributed by atoms with Crippen LogP contribution in [0.15, 0.2) is 182 Å². The Bertz CT molecular complexity index is 2930. The minimum Gasteiger partial charge on any atom is -0.310 e. The summed E-state index contributed by atoms with van der Waals surface area (Å²) >= 11 is 0. The van der Waals surface area contributed by atoms with E-state index in [1.54, 1.807) is 0 Å². The lowest BCUT2D eigenvalue weighted by Gasteiger charge is -2.28. The summed E-state index contributed by atoms with van der Waals surface area (Å²) in [5.41, 5.74) is 20.1. The lowest BCUT2D eigenvalue weighted by molar-refractivity contribution is 0.660. The van der Waals surface area contributed by atoms with Crippen LogP contribution in [0.25, 0.3) is 60.9 Å². The first-order valence-electron chi connectivity index (χ1n) is 19.8. The molecule has 0 unspecified atom stereocenters. The van der Waals surface area contributed by atoms with Crippen LogP contribution in [0.3, 0.4) is 0 Å². The van der Waals surface area contributed by atoms with Gasteiger partial charge in [0.05, 0.1) is 11.0 Å². The van der Waals surface area contributed by atoms with Crippen LogP contribution in [0.1, 0.15) is 49.9 Å². The number of para-hydroxylation sites is 3. The third kappa shape index (κ3) is 4.62. The van der Waals surface area contributed by atoms with E-state index in [9.17, 15) is 0 Å². The molecule has 2 heteroatoms. The second-order valence-corrected chi connectivity index (χ2v) is 16.6. The number of rotatable bonds is 5. The zero-order chi connectivity index (χ0) is 37.8. The molecule has 0 spiro atoms. The van der Waals surface area contributed by atoms with Gasteiger partial charge in [0.2, 0.25) is 0 Å². The highest BCUT2D eigenvalue weighted by Gasteiger charge is 2.37. The maximum absolute atomic E-state index is 2.47. The van der Waals surface area contributed by atoms with Gasteiger partial charge in [-0.15, -0.1) is 0 Å². The van der Waals surface area contributed by atoms with Crippen LogP contribution < -0.4 is 4.90 Å². The molecule has 0 saturated carbocycles. The van der Waals surface area contributed by atoms with Crippen molar-refractivity contribution in [3.8, 4) is 39.1 Å². The summed E-state index contributed by atoms with van der Waals surface area (Å²) in [5, 5.41) is 2.51. The molecule has 2 aliphatic carbocycles. The van der Waals surface area contributed by atoms with E-state index in [-0.39, 0.29) is 10.8 Å². The number of anilines is 3. The first-order chi connectivity index (χ1) is 27.3. The molecule has 11 rings (SSSR count). The Labute approximate surface area is 328 Å². The Morgan fingerprint density at radius 3 is 1.54 bits per heavy atom. The number of hydrogen-bond acceptors (Lipinski definition) is 1. The predicted octanol–water partition coefficient (Wildman–Crippen LogP) is 14.5. The number of fused-ring (bicyclic) bond motifs is 9. The molecule has 0 N–H and O–H groups in total. The second kappa shape index (κ2) is 11.9. The van der Waals surface area contributed by atoms with Gasteiger partial charge in [0.1, 0.15) is 0 Å². The van der Waals surface area contributed by atoms with Crippen molar-refractivity contribution in [3.63, 3.8) is 0 Å². The van der Waals surface area contributed by atoms with E-state index in [4.69, 9.17) is 0 Å². The summed E-state index contributed by atoms with van der Waals surface area (Å²) in [4.78, 5) is 2.47. The van der Waals surface area contributed by atoms with Gasteiger partial charge in [-0.1, -0.05) is 155 Å². The predicted molar refractivity (Wildman–Crippen MR) is 236 cm³/mol. The maximum atomic E-state index is 2.47. The lowest BCUT2D eigenvalue weighted by Crippen LogP contribution is -2.16. The molecule has 0 saturated heterocycles. The topological polar surface area (TPSA) is 8.17 Å². The minimum atomic E-state index is -0.0615. The third-order valence-corrected chi connectivity index (χ3v) is 12.8. The fraction of sp³-hybridized carbons (Fsp3) is 0.111. The van der Waals surface area contributed by atoms with Gasteiger partial charge in [0.15, 0.2) is 0 Å². The van der Waals surface area contributed by atoms with Crippen molar-refractivity contribution in [2.45, 2.75) is 38.5 Å². The first-order valence-corrected chi connectivity index (χ1v) is 19.8. The Kier molecular flexibility index (Phi) is 6.98. The molecule has 56 heavy (non-hydrogen) atoms. The van der Waals surface area contributed by atoms with Crippen LogP contribution in [0, 0.1) is 0 Å². The largest absolute Gasteiger partial charge is 0.310 e. The van der Waals surface area contributed by atoms with E-state index in [0.29, 0.717) is 0 Å². The molecule has 0 radical (unpaired) electrons. The fourth-order valence-corrected chi connectivity index (χ4v) is 10.1. The van der Waals surface area contributed by atoms with Gasteiger partial charge in [0, 0.05) is 49.9 Å². The SMILES string of the molecule is CC1(C)c2ccccc2-c2cc(N(c3cccc(-c4cccc5c6ccccc6n(-c6ccccc6)c45)c3)c3ccc4c(c3)-c3ccccc3C4(C)C)ccc21. The molecular weight excluding hydrogens is 677 g/mol. The van der Waals surface area contributed by atoms with Crippen LogP contribution >= 0.6 is 0 Å². The smallest absolute Gasteiger partial charge is 0.0619 e. The van der Waals surface area contributed by atoms with E-state index >= 15 is 0 Å². The average Bonchev–Trinajstić information content (AvgIpc) is 3.78. The molecule has 2 aliphatic rings. The highest BCUT2D eigenvalue weighted by atomic mass is 15.1. The number of nitrogens with zero attached hydrogens (tertiary/aromatic N) is 2. The van der Waals surface area contributed by atoms with Gasteiger partial charge in [-0.3, -0.25) is 0 Å². The molecule has 0 aliphatic heterocycles. The Morgan fingerprint density at radius 1 is 0.375 bits per heavy atom. The van der Waals surface area contributed by atoms with Crippen molar-refractivity contribution in [3.05, 3.63) is 204 Å². The van der Waals surface area contributed by atoms with E-state index < -0.39 is 0 Å². The molecule has 9 aromatic rings.